The monoisotopic (exact) mass is 319 g/mol. The number of sulfone groups is 1. The molecule has 1 aliphatic carbocycles. The highest BCUT2D eigenvalue weighted by Gasteiger charge is 2.35. The molecule has 0 spiro atoms. The van der Waals surface area contributed by atoms with Crippen molar-refractivity contribution in [3.8, 4) is 0 Å². The number of rotatable bonds is 5. The van der Waals surface area contributed by atoms with Gasteiger partial charge in [0.2, 0.25) is 0 Å². The average molecular weight is 320 g/mol. The third kappa shape index (κ3) is 3.32. The Labute approximate surface area is 124 Å². The molecule has 112 valence electrons. The van der Waals surface area contributed by atoms with Crippen LogP contribution in [0.15, 0.2) is 23.1 Å². The van der Waals surface area contributed by atoms with E-state index in [1.165, 1.54) is 12.1 Å². The van der Waals surface area contributed by atoms with Crippen LogP contribution in [0.1, 0.15) is 32.6 Å². The van der Waals surface area contributed by atoms with E-state index in [4.69, 9.17) is 11.6 Å². The van der Waals surface area contributed by atoms with Crippen molar-refractivity contribution in [2.24, 2.45) is 0 Å². The summed E-state index contributed by atoms with van der Waals surface area (Å²) in [6.07, 6.45) is 3.14. The lowest BCUT2D eigenvalue weighted by atomic mass is 10.2. The van der Waals surface area contributed by atoms with Crippen LogP contribution in [0.25, 0.3) is 0 Å². The molecule has 6 heteroatoms. The zero-order valence-corrected chi connectivity index (χ0v) is 13.0. The maximum absolute atomic E-state index is 13.1. The number of hydrogen-bond donors (Lipinski definition) is 1. The van der Waals surface area contributed by atoms with Gasteiger partial charge in [0.15, 0.2) is 9.84 Å². The third-order valence-corrected chi connectivity index (χ3v) is 6.23. The molecule has 0 amide bonds. The molecule has 0 aromatic heterocycles. The van der Waals surface area contributed by atoms with Crippen LogP contribution in [0.3, 0.4) is 0 Å². The van der Waals surface area contributed by atoms with Crippen molar-refractivity contribution in [2.45, 2.75) is 48.8 Å². The standard InChI is InChI=1S/C14H19ClFNO2S/c1-2-7-17-10-3-4-11(8-10)20(18,19)12-5-6-14(16)13(15)9-12/h5-6,9-11,17H,2-4,7-8H2,1H3. The number of nitrogens with one attached hydrogen (secondary N) is 1. The van der Waals surface area contributed by atoms with Gasteiger partial charge in [0.05, 0.1) is 15.2 Å². The zero-order valence-electron chi connectivity index (χ0n) is 11.4. The first-order valence-electron chi connectivity index (χ1n) is 6.87. The molecule has 0 bridgehead atoms. The molecule has 0 aliphatic heterocycles. The van der Waals surface area contributed by atoms with Gasteiger partial charge in [-0.15, -0.1) is 0 Å². The second kappa shape index (κ2) is 6.41. The van der Waals surface area contributed by atoms with Crippen molar-refractivity contribution in [3.05, 3.63) is 29.0 Å². The molecule has 0 saturated heterocycles. The lowest BCUT2D eigenvalue weighted by Crippen LogP contribution is -2.29. The van der Waals surface area contributed by atoms with Crippen molar-refractivity contribution >= 4 is 21.4 Å². The summed E-state index contributed by atoms with van der Waals surface area (Å²) in [5.41, 5.74) is 0. The first kappa shape index (κ1) is 15.7. The van der Waals surface area contributed by atoms with E-state index in [0.29, 0.717) is 12.8 Å². The fourth-order valence-electron chi connectivity index (χ4n) is 2.60. The minimum atomic E-state index is -3.43. The van der Waals surface area contributed by atoms with Gasteiger partial charge in [-0.3, -0.25) is 0 Å². The molecular weight excluding hydrogens is 301 g/mol. The van der Waals surface area contributed by atoms with Crippen LogP contribution in [-0.2, 0) is 9.84 Å². The number of halogens is 2. The second-order valence-electron chi connectivity index (χ2n) is 5.21. The quantitative estimate of drug-likeness (QED) is 0.848. The van der Waals surface area contributed by atoms with Gasteiger partial charge in [0.25, 0.3) is 0 Å². The van der Waals surface area contributed by atoms with E-state index in [2.05, 4.69) is 12.2 Å². The van der Waals surface area contributed by atoms with Gasteiger partial charge in [-0.2, -0.15) is 0 Å². The van der Waals surface area contributed by atoms with Gasteiger partial charge >= 0.3 is 0 Å². The predicted molar refractivity (Wildman–Crippen MR) is 78.3 cm³/mol. The van der Waals surface area contributed by atoms with E-state index >= 15 is 0 Å². The summed E-state index contributed by atoms with van der Waals surface area (Å²) < 4.78 is 38.1. The molecule has 1 aromatic rings. The molecular formula is C14H19ClFNO2S. The van der Waals surface area contributed by atoms with Crippen LogP contribution >= 0.6 is 11.6 Å². The number of benzene rings is 1. The SMILES string of the molecule is CCCNC1CCC(S(=O)(=O)c2ccc(F)c(Cl)c2)C1. The Bertz CT molecular complexity index is 577. The van der Waals surface area contributed by atoms with Crippen LogP contribution in [0, 0.1) is 5.82 Å². The van der Waals surface area contributed by atoms with Gasteiger partial charge in [-0.25, -0.2) is 12.8 Å². The molecule has 0 radical (unpaired) electrons. The highest BCUT2D eigenvalue weighted by molar-refractivity contribution is 7.92. The molecule has 2 unspecified atom stereocenters. The molecule has 2 atom stereocenters. The summed E-state index contributed by atoms with van der Waals surface area (Å²) in [5.74, 6) is -0.598. The van der Waals surface area contributed by atoms with E-state index in [9.17, 15) is 12.8 Å². The molecule has 1 fully saturated rings. The van der Waals surface area contributed by atoms with E-state index in [-0.39, 0.29) is 16.0 Å². The van der Waals surface area contributed by atoms with Crippen LogP contribution < -0.4 is 5.32 Å². The summed E-state index contributed by atoms with van der Waals surface area (Å²) in [7, 11) is -3.43. The van der Waals surface area contributed by atoms with Gasteiger partial charge in [-0.1, -0.05) is 18.5 Å². The van der Waals surface area contributed by atoms with Crippen molar-refractivity contribution in [1.29, 1.82) is 0 Å². The summed E-state index contributed by atoms with van der Waals surface area (Å²) in [6, 6.07) is 3.87. The Kier molecular flexibility index (Phi) is 5.04. The average Bonchev–Trinajstić information content (AvgIpc) is 2.89. The van der Waals surface area contributed by atoms with E-state index in [1.807, 2.05) is 0 Å². The molecule has 1 N–H and O–H groups in total. The highest BCUT2D eigenvalue weighted by atomic mass is 35.5. The molecule has 1 saturated carbocycles. The van der Waals surface area contributed by atoms with E-state index in [1.54, 1.807) is 0 Å². The molecule has 3 nitrogen and oxygen atoms in total. The molecule has 2 rings (SSSR count). The van der Waals surface area contributed by atoms with Crippen molar-refractivity contribution in [1.82, 2.24) is 5.32 Å². The van der Waals surface area contributed by atoms with Gasteiger partial charge in [0.1, 0.15) is 5.82 Å². The van der Waals surface area contributed by atoms with Crippen LogP contribution in [-0.4, -0.2) is 26.3 Å². The van der Waals surface area contributed by atoms with Crippen LogP contribution in [0.2, 0.25) is 5.02 Å². The molecule has 0 heterocycles. The van der Waals surface area contributed by atoms with Crippen molar-refractivity contribution in [3.63, 3.8) is 0 Å². The molecule has 1 aromatic carbocycles. The zero-order chi connectivity index (χ0) is 14.8. The topological polar surface area (TPSA) is 46.2 Å². The Hall–Kier alpha value is -0.650. The van der Waals surface area contributed by atoms with Crippen LogP contribution in [0.4, 0.5) is 4.39 Å². The van der Waals surface area contributed by atoms with Crippen molar-refractivity contribution in [2.75, 3.05) is 6.54 Å². The Morgan fingerprint density at radius 2 is 2.15 bits per heavy atom. The smallest absolute Gasteiger partial charge is 0.181 e. The van der Waals surface area contributed by atoms with E-state index in [0.717, 1.165) is 25.5 Å². The van der Waals surface area contributed by atoms with Gasteiger partial charge < -0.3 is 5.32 Å². The maximum Gasteiger partial charge on any atom is 0.181 e. The van der Waals surface area contributed by atoms with E-state index < -0.39 is 20.9 Å². The summed E-state index contributed by atoms with van der Waals surface area (Å²) in [6.45, 7) is 2.98. The fraction of sp³-hybridized carbons (Fsp3) is 0.571. The lowest BCUT2D eigenvalue weighted by molar-refractivity contribution is 0.520. The predicted octanol–water partition coefficient (Wildman–Crippen LogP) is 3.17. The second-order valence-corrected chi connectivity index (χ2v) is 7.84. The summed E-state index contributed by atoms with van der Waals surface area (Å²) in [5, 5.41) is 2.80. The highest BCUT2D eigenvalue weighted by Crippen LogP contribution is 2.31. The first-order valence-corrected chi connectivity index (χ1v) is 8.80. The maximum atomic E-state index is 13.1. The fourth-order valence-corrected chi connectivity index (χ4v) is 4.70. The minimum Gasteiger partial charge on any atom is -0.314 e. The first-order chi connectivity index (χ1) is 9.45. The Morgan fingerprint density at radius 3 is 2.80 bits per heavy atom. The molecule has 1 aliphatic rings. The summed E-state index contributed by atoms with van der Waals surface area (Å²) in [4.78, 5) is 0.116. The van der Waals surface area contributed by atoms with Gasteiger partial charge in [0, 0.05) is 6.04 Å². The molecule has 20 heavy (non-hydrogen) atoms. The third-order valence-electron chi connectivity index (χ3n) is 3.73. The Balaban J connectivity index is 2.13. The summed E-state index contributed by atoms with van der Waals surface area (Å²) >= 11 is 5.67. The van der Waals surface area contributed by atoms with Gasteiger partial charge in [-0.05, 0) is 50.4 Å². The minimum absolute atomic E-state index is 0.116. The van der Waals surface area contributed by atoms with Crippen molar-refractivity contribution < 1.29 is 12.8 Å². The normalized spacial score (nSPS) is 23.1. The number of hydrogen-bond acceptors (Lipinski definition) is 3. The largest absolute Gasteiger partial charge is 0.314 e. The lowest BCUT2D eigenvalue weighted by Gasteiger charge is -2.14. The van der Waals surface area contributed by atoms with Crippen LogP contribution in [0.5, 0.6) is 0 Å². The Morgan fingerprint density at radius 1 is 1.40 bits per heavy atom.